The van der Waals surface area contributed by atoms with Gasteiger partial charge in [-0.1, -0.05) is 6.07 Å². The number of hydrazine groups is 1. The molecule has 0 aliphatic rings. The van der Waals surface area contributed by atoms with E-state index in [1.165, 1.54) is 18.2 Å². The summed E-state index contributed by atoms with van der Waals surface area (Å²) in [6, 6.07) is 3.48. The van der Waals surface area contributed by atoms with Crippen LogP contribution in [0.2, 0.25) is 0 Å². The summed E-state index contributed by atoms with van der Waals surface area (Å²) in [5.41, 5.74) is 6.76. The number of carbonyl (C=O) groups excluding carboxylic acids is 2. The summed E-state index contributed by atoms with van der Waals surface area (Å²) in [5.74, 6) is 4.08. The van der Waals surface area contributed by atoms with Crippen molar-refractivity contribution in [3.05, 3.63) is 33.9 Å². The minimum absolute atomic E-state index is 0.0121. The van der Waals surface area contributed by atoms with Gasteiger partial charge in [0.2, 0.25) is 5.91 Å². The number of carbonyl (C=O) groups is 2. The lowest BCUT2D eigenvalue weighted by molar-refractivity contribution is -0.384. The molecule has 108 valence electrons. The van der Waals surface area contributed by atoms with Crippen LogP contribution in [0.25, 0.3) is 0 Å². The minimum atomic E-state index is -0.654. The Kier molecular flexibility index (Phi) is 4.98. The largest absolute Gasteiger partial charge is 0.370 e. The monoisotopic (exact) mass is 281 g/mol. The van der Waals surface area contributed by atoms with Crippen LogP contribution in [0.5, 0.6) is 0 Å². The molecule has 0 spiro atoms. The van der Waals surface area contributed by atoms with Crippen LogP contribution >= 0.6 is 0 Å². The summed E-state index contributed by atoms with van der Waals surface area (Å²) in [4.78, 5) is 32.9. The molecule has 0 aliphatic carbocycles. The number of para-hydroxylation sites is 1. The highest BCUT2D eigenvalue weighted by Gasteiger charge is 2.22. The molecule has 1 unspecified atom stereocenters. The molecule has 0 radical (unpaired) electrons. The molecule has 9 nitrogen and oxygen atoms in total. The Hall–Kier alpha value is -2.68. The number of nitrogen functional groups attached to an aromatic ring is 1. The number of hydrogen-bond donors (Lipinski definition) is 4. The van der Waals surface area contributed by atoms with Gasteiger partial charge in [-0.15, -0.1) is 0 Å². The Bertz CT molecular complexity index is 546. The van der Waals surface area contributed by atoms with Gasteiger partial charge in [0.05, 0.1) is 10.5 Å². The van der Waals surface area contributed by atoms with Crippen LogP contribution in [0.1, 0.15) is 23.7 Å². The van der Waals surface area contributed by atoms with Crippen molar-refractivity contribution >= 4 is 23.2 Å². The van der Waals surface area contributed by atoms with Gasteiger partial charge in [0, 0.05) is 18.5 Å². The highest BCUT2D eigenvalue weighted by Crippen LogP contribution is 2.27. The van der Waals surface area contributed by atoms with E-state index in [1.807, 2.05) is 0 Å². The fourth-order valence-corrected chi connectivity index (χ4v) is 1.69. The van der Waals surface area contributed by atoms with Crippen LogP contribution < -0.4 is 22.3 Å². The van der Waals surface area contributed by atoms with E-state index in [4.69, 9.17) is 11.6 Å². The molecule has 0 saturated heterocycles. The molecule has 1 atom stereocenters. The standard InChI is InChI=1S/C11H15N5O4/c1-6(5-9(12)17)14-11(18)7-3-2-4-8(16(19)20)10(7)15-13/h2-4,6,15H,5,13H2,1H3,(H2,12,17)(H,14,18). The van der Waals surface area contributed by atoms with E-state index in [0.29, 0.717) is 0 Å². The fraction of sp³-hybridized carbons (Fsp3) is 0.273. The zero-order chi connectivity index (χ0) is 15.3. The highest BCUT2D eigenvalue weighted by atomic mass is 16.6. The summed E-state index contributed by atoms with van der Waals surface area (Å²) in [6.45, 7) is 1.59. The lowest BCUT2D eigenvalue weighted by atomic mass is 10.1. The number of hydrogen-bond acceptors (Lipinski definition) is 6. The molecule has 0 saturated carbocycles. The maximum atomic E-state index is 12.0. The molecule has 6 N–H and O–H groups in total. The lowest BCUT2D eigenvalue weighted by Gasteiger charge is -2.14. The van der Waals surface area contributed by atoms with Crippen LogP contribution in [0.15, 0.2) is 18.2 Å². The topological polar surface area (TPSA) is 153 Å². The van der Waals surface area contributed by atoms with Gasteiger partial charge in [0.25, 0.3) is 11.6 Å². The number of rotatable bonds is 6. The second-order valence-corrected chi connectivity index (χ2v) is 4.15. The zero-order valence-electron chi connectivity index (χ0n) is 10.8. The van der Waals surface area contributed by atoms with Crippen molar-refractivity contribution in [1.29, 1.82) is 0 Å². The average Bonchev–Trinajstić information content (AvgIpc) is 2.36. The third-order valence-corrected chi connectivity index (χ3v) is 2.51. The van der Waals surface area contributed by atoms with E-state index in [9.17, 15) is 19.7 Å². The number of nitro benzene ring substituents is 1. The summed E-state index contributed by atoms with van der Waals surface area (Å²) in [7, 11) is 0. The van der Waals surface area contributed by atoms with Crippen molar-refractivity contribution in [2.75, 3.05) is 5.43 Å². The molecule has 20 heavy (non-hydrogen) atoms. The Morgan fingerprint density at radius 3 is 2.60 bits per heavy atom. The van der Waals surface area contributed by atoms with Crippen LogP contribution in [0.4, 0.5) is 11.4 Å². The molecular formula is C11H15N5O4. The van der Waals surface area contributed by atoms with Crippen LogP contribution in [-0.4, -0.2) is 22.8 Å². The van der Waals surface area contributed by atoms with Gasteiger partial charge < -0.3 is 16.5 Å². The van der Waals surface area contributed by atoms with Crippen LogP contribution in [0, 0.1) is 10.1 Å². The minimum Gasteiger partial charge on any atom is -0.370 e. The van der Waals surface area contributed by atoms with E-state index in [1.54, 1.807) is 6.92 Å². The number of primary amides is 1. The smallest absolute Gasteiger partial charge is 0.294 e. The van der Waals surface area contributed by atoms with Gasteiger partial charge in [0.15, 0.2) is 0 Å². The molecule has 0 aromatic heterocycles. The average molecular weight is 281 g/mol. The first-order chi connectivity index (χ1) is 9.36. The van der Waals surface area contributed by atoms with Crippen molar-refractivity contribution < 1.29 is 14.5 Å². The highest BCUT2D eigenvalue weighted by molar-refractivity contribution is 6.01. The predicted molar refractivity (Wildman–Crippen MR) is 71.6 cm³/mol. The zero-order valence-corrected chi connectivity index (χ0v) is 10.8. The third-order valence-electron chi connectivity index (χ3n) is 2.51. The SMILES string of the molecule is CC(CC(N)=O)NC(=O)c1cccc([N+](=O)[O-])c1NN. The fourth-order valence-electron chi connectivity index (χ4n) is 1.69. The second kappa shape index (κ2) is 6.48. The number of nitrogens with two attached hydrogens (primary N) is 2. The Morgan fingerprint density at radius 1 is 1.45 bits per heavy atom. The second-order valence-electron chi connectivity index (χ2n) is 4.15. The molecule has 2 amide bonds. The summed E-state index contributed by atoms with van der Waals surface area (Å²) >= 11 is 0. The van der Waals surface area contributed by atoms with Crippen LogP contribution in [-0.2, 0) is 4.79 Å². The maximum Gasteiger partial charge on any atom is 0.294 e. The molecule has 1 aromatic carbocycles. The van der Waals surface area contributed by atoms with Crippen molar-refractivity contribution in [3.63, 3.8) is 0 Å². The van der Waals surface area contributed by atoms with E-state index in [-0.39, 0.29) is 23.4 Å². The van der Waals surface area contributed by atoms with E-state index in [2.05, 4.69) is 10.7 Å². The number of amides is 2. The number of nitrogens with zero attached hydrogens (tertiary/aromatic N) is 1. The van der Waals surface area contributed by atoms with Gasteiger partial charge in [-0.05, 0) is 13.0 Å². The van der Waals surface area contributed by atoms with Crippen LogP contribution in [0.3, 0.4) is 0 Å². The molecule has 9 heteroatoms. The number of anilines is 1. The third kappa shape index (κ3) is 3.65. The first-order valence-corrected chi connectivity index (χ1v) is 5.70. The maximum absolute atomic E-state index is 12.0. The molecule has 0 heterocycles. The van der Waals surface area contributed by atoms with Gasteiger partial charge in [-0.2, -0.15) is 0 Å². The quantitative estimate of drug-likeness (QED) is 0.323. The van der Waals surface area contributed by atoms with Gasteiger partial charge in [-0.3, -0.25) is 25.5 Å². The summed E-state index contributed by atoms with van der Waals surface area (Å²) in [6.07, 6.45) is -0.0357. The number of benzene rings is 1. The van der Waals surface area contributed by atoms with Crippen molar-refractivity contribution in [2.24, 2.45) is 11.6 Å². The van der Waals surface area contributed by atoms with Crippen molar-refractivity contribution in [1.82, 2.24) is 5.32 Å². The number of nitro groups is 1. The molecule has 0 fully saturated rings. The Labute approximate surface area is 114 Å². The first-order valence-electron chi connectivity index (χ1n) is 5.70. The van der Waals surface area contributed by atoms with E-state index in [0.717, 1.165) is 0 Å². The normalized spacial score (nSPS) is 11.5. The van der Waals surface area contributed by atoms with E-state index >= 15 is 0 Å². The summed E-state index contributed by atoms with van der Waals surface area (Å²) < 4.78 is 0. The Morgan fingerprint density at radius 2 is 2.10 bits per heavy atom. The Balaban J connectivity index is 3.01. The van der Waals surface area contributed by atoms with Gasteiger partial charge >= 0.3 is 0 Å². The molecule has 1 aromatic rings. The number of nitrogens with one attached hydrogen (secondary N) is 2. The lowest BCUT2D eigenvalue weighted by Crippen LogP contribution is -2.36. The summed E-state index contributed by atoms with van der Waals surface area (Å²) in [5, 5.41) is 13.4. The first kappa shape index (κ1) is 15.4. The van der Waals surface area contributed by atoms with Crippen molar-refractivity contribution in [2.45, 2.75) is 19.4 Å². The predicted octanol–water partition coefficient (Wildman–Crippen LogP) is -0.126. The van der Waals surface area contributed by atoms with E-state index < -0.39 is 22.8 Å². The molecule has 1 rings (SSSR count). The molecule has 0 bridgehead atoms. The molecule has 0 aliphatic heterocycles. The van der Waals surface area contributed by atoms with Gasteiger partial charge in [-0.25, -0.2) is 0 Å². The van der Waals surface area contributed by atoms with Crippen molar-refractivity contribution in [3.8, 4) is 0 Å². The van der Waals surface area contributed by atoms with Gasteiger partial charge in [0.1, 0.15) is 5.69 Å². The molecular weight excluding hydrogens is 266 g/mol.